The van der Waals surface area contributed by atoms with Gasteiger partial charge in [-0.25, -0.2) is 8.78 Å². The summed E-state index contributed by atoms with van der Waals surface area (Å²) in [6, 6.07) is 2.92. The van der Waals surface area contributed by atoms with Crippen LogP contribution in [-0.2, 0) is 13.5 Å². The number of hydrogen-bond acceptors (Lipinski definition) is 2. The third-order valence-electron chi connectivity index (χ3n) is 2.66. The quantitative estimate of drug-likeness (QED) is 0.784. The molecule has 0 spiro atoms. The number of benzene rings is 1. The summed E-state index contributed by atoms with van der Waals surface area (Å²) in [5.74, 6) is -2.03. The molecule has 0 radical (unpaired) electrons. The molecule has 5 heteroatoms. The van der Waals surface area contributed by atoms with Gasteiger partial charge in [0, 0.05) is 19.3 Å². The second-order valence-corrected chi connectivity index (χ2v) is 3.97. The van der Waals surface area contributed by atoms with E-state index in [1.165, 1.54) is 4.68 Å². The average molecular weight is 250 g/mol. The van der Waals surface area contributed by atoms with Crippen LogP contribution in [0.2, 0.25) is 0 Å². The van der Waals surface area contributed by atoms with Gasteiger partial charge in [-0.2, -0.15) is 5.10 Å². The Labute approximate surface area is 103 Å². The van der Waals surface area contributed by atoms with Crippen molar-refractivity contribution in [1.82, 2.24) is 9.78 Å². The van der Waals surface area contributed by atoms with E-state index in [2.05, 4.69) is 5.10 Å². The van der Waals surface area contributed by atoms with Gasteiger partial charge >= 0.3 is 0 Å². The summed E-state index contributed by atoms with van der Waals surface area (Å²) in [7, 11) is 1.69. The Morgan fingerprint density at radius 1 is 1.33 bits per heavy atom. The molecule has 0 atom stereocenters. The van der Waals surface area contributed by atoms with Crippen LogP contribution >= 0.6 is 0 Å². The summed E-state index contributed by atoms with van der Waals surface area (Å²) in [6.45, 7) is 1.86. The highest BCUT2D eigenvalue weighted by Gasteiger charge is 2.19. The Hall–Kier alpha value is -2.04. The lowest BCUT2D eigenvalue weighted by atomic mass is 10.0. The minimum absolute atomic E-state index is 0.140. The Kier molecular flexibility index (Phi) is 3.23. The smallest absolute Gasteiger partial charge is 0.199 e. The summed E-state index contributed by atoms with van der Waals surface area (Å²) in [5.41, 5.74) is 0.816. The molecule has 1 aromatic heterocycles. The maximum Gasteiger partial charge on any atom is 0.199 e. The van der Waals surface area contributed by atoms with Crippen molar-refractivity contribution in [3.8, 4) is 0 Å². The number of halogens is 2. The van der Waals surface area contributed by atoms with Crippen molar-refractivity contribution in [2.75, 3.05) is 0 Å². The predicted octanol–water partition coefficient (Wildman–Crippen LogP) is 2.49. The van der Waals surface area contributed by atoms with E-state index in [-0.39, 0.29) is 5.56 Å². The first-order valence-corrected chi connectivity index (χ1v) is 5.55. The molecule has 0 aliphatic heterocycles. The molecule has 0 unspecified atom stereocenters. The summed E-state index contributed by atoms with van der Waals surface area (Å²) in [5, 5.41) is 4.12. The summed E-state index contributed by atoms with van der Waals surface area (Å²) in [4.78, 5) is 12.2. The van der Waals surface area contributed by atoms with Gasteiger partial charge in [0.2, 0.25) is 0 Å². The molecule has 2 rings (SSSR count). The fourth-order valence-electron chi connectivity index (χ4n) is 1.80. The topological polar surface area (TPSA) is 34.9 Å². The summed E-state index contributed by atoms with van der Waals surface area (Å²) in [6.07, 6.45) is 2.12. The Balaban J connectivity index is 2.47. The zero-order valence-electron chi connectivity index (χ0n) is 10.1. The molecule has 0 saturated heterocycles. The van der Waals surface area contributed by atoms with E-state index in [9.17, 15) is 13.6 Å². The molecule has 0 saturated carbocycles. The van der Waals surface area contributed by atoms with E-state index in [4.69, 9.17) is 0 Å². The van der Waals surface area contributed by atoms with E-state index in [0.29, 0.717) is 23.7 Å². The number of rotatable bonds is 3. The third kappa shape index (κ3) is 2.16. The molecule has 18 heavy (non-hydrogen) atoms. The van der Waals surface area contributed by atoms with Crippen LogP contribution < -0.4 is 0 Å². The highest BCUT2D eigenvalue weighted by atomic mass is 19.1. The number of aryl methyl sites for hydroxylation is 2. The van der Waals surface area contributed by atoms with Gasteiger partial charge in [-0.1, -0.05) is 6.92 Å². The van der Waals surface area contributed by atoms with Crippen molar-refractivity contribution in [1.29, 1.82) is 0 Å². The van der Waals surface area contributed by atoms with Crippen LogP contribution in [0, 0.1) is 11.6 Å². The SMILES string of the molecule is CCc1nn(C)cc1C(=O)c1ccc(F)cc1F. The van der Waals surface area contributed by atoms with Crippen molar-refractivity contribution in [3.05, 3.63) is 52.9 Å². The van der Waals surface area contributed by atoms with Gasteiger partial charge in [0.15, 0.2) is 5.78 Å². The van der Waals surface area contributed by atoms with E-state index in [1.54, 1.807) is 13.2 Å². The van der Waals surface area contributed by atoms with E-state index in [1.807, 2.05) is 6.92 Å². The lowest BCUT2D eigenvalue weighted by Crippen LogP contribution is -2.06. The minimum Gasteiger partial charge on any atom is -0.288 e. The van der Waals surface area contributed by atoms with Crippen LogP contribution in [0.25, 0.3) is 0 Å². The van der Waals surface area contributed by atoms with Crippen molar-refractivity contribution in [3.63, 3.8) is 0 Å². The zero-order valence-corrected chi connectivity index (χ0v) is 10.1. The van der Waals surface area contributed by atoms with Crippen molar-refractivity contribution in [2.45, 2.75) is 13.3 Å². The molecule has 94 valence electrons. The van der Waals surface area contributed by atoms with Gasteiger partial charge in [-0.15, -0.1) is 0 Å². The van der Waals surface area contributed by atoms with Gasteiger partial charge < -0.3 is 0 Å². The first-order chi connectivity index (χ1) is 8.52. The molecule has 2 aromatic rings. The zero-order chi connectivity index (χ0) is 13.3. The van der Waals surface area contributed by atoms with E-state index in [0.717, 1.165) is 12.1 Å². The third-order valence-corrected chi connectivity index (χ3v) is 2.66. The van der Waals surface area contributed by atoms with Gasteiger partial charge in [-0.3, -0.25) is 9.48 Å². The fraction of sp³-hybridized carbons (Fsp3) is 0.231. The number of aromatic nitrogens is 2. The molecule has 0 aliphatic carbocycles. The molecule has 0 bridgehead atoms. The lowest BCUT2D eigenvalue weighted by molar-refractivity contribution is 0.103. The molecule has 0 N–H and O–H groups in total. The lowest BCUT2D eigenvalue weighted by Gasteiger charge is -2.02. The standard InChI is InChI=1S/C13H12F2N2O/c1-3-12-10(7-17(2)16-12)13(18)9-5-4-8(14)6-11(9)15/h4-7H,3H2,1-2H3. The molecule has 1 aromatic carbocycles. The Morgan fingerprint density at radius 3 is 2.67 bits per heavy atom. The molecule has 1 heterocycles. The maximum atomic E-state index is 13.5. The molecule has 0 fully saturated rings. The number of nitrogens with zero attached hydrogens (tertiary/aromatic N) is 2. The average Bonchev–Trinajstić information content (AvgIpc) is 2.69. The van der Waals surface area contributed by atoms with E-state index >= 15 is 0 Å². The number of ketones is 1. The monoisotopic (exact) mass is 250 g/mol. The number of carbonyl (C=O) groups is 1. The van der Waals surface area contributed by atoms with Crippen LogP contribution in [-0.4, -0.2) is 15.6 Å². The molecule has 3 nitrogen and oxygen atoms in total. The van der Waals surface area contributed by atoms with Gasteiger partial charge in [0.05, 0.1) is 16.8 Å². The minimum atomic E-state index is -0.856. The predicted molar refractivity (Wildman–Crippen MR) is 62.4 cm³/mol. The van der Waals surface area contributed by atoms with Gasteiger partial charge in [0.25, 0.3) is 0 Å². The van der Waals surface area contributed by atoms with Crippen LogP contribution in [0.5, 0.6) is 0 Å². The second-order valence-electron chi connectivity index (χ2n) is 3.97. The molecular weight excluding hydrogens is 238 g/mol. The second kappa shape index (κ2) is 4.68. The van der Waals surface area contributed by atoms with Crippen LogP contribution in [0.1, 0.15) is 28.5 Å². The highest BCUT2D eigenvalue weighted by Crippen LogP contribution is 2.17. The Morgan fingerprint density at radius 2 is 2.06 bits per heavy atom. The number of carbonyl (C=O) groups excluding carboxylic acids is 1. The van der Waals surface area contributed by atoms with Crippen LogP contribution in [0.15, 0.2) is 24.4 Å². The van der Waals surface area contributed by atoms with Gasteiger partial charge in [0.1, 0.15) is 11.6 Å². The van der Waals surface area contributed by atoms with Crippen molar-refractivity contribution in [2.24, 2.45) is 7.05 Å². The summed E-state index contributed by atoms with van der Waals surface area (Å²) < 4.78 is 27.8. The van der Waals surface area contributed by atoms with E-state index < -0.39 is 17.4 Å². The molecule has 0 amide bonds. The van der Waals surface area contributed by atoms with Crippen molar-refractivity contribution >= 4 is 5.78 Å². The number of hydrogen-bond donors (Lipinski definition) is 0. The van der Waals surface area contributed by atoms with Crippen LogP contribution in [0.4, 0.5) is 8.78 Å². The fourth-order valence-corrected chi connectivity index (χ4v) is 1.80. The largest absolute Gasteiger partial charge is 0.288 e. The first kappa shape index (κ1) is 12.4. The molecule has 0 aliphatic rings. The van der Waals surface area contributed by atoms with Crippen molar-refractivity contribution < 1.29 is 13.6 Å². The Bertz CT molecular complexity index is 605. The van der Waals surface area contributed by atoms with Crippen LogP contribution in [0.3, 0.4) is 0 Å². The molecular formula is C13H12F2N2O. The highest BCUT2D eigenvalue weighted by molar-refractivity contribution is 6.09. The maximum absolute atomic E-state index is 13.5. The first-order valence-electron chi connectivity index (χ1n) is 5.55. The summed E-state index contributed by atoms with van der Waals surface area (Å²) >= 11 is 0. The van der Waals surface area contributed by atoms with Gasteiger partial charge in [-0.05, 0) is 18.6 Å². The normalized spacial score (nSPS) is 10.7.